The van der Waals surface area contributed by atoms with Gasteiger partial charge in [0.05, 0.1) is 31.3 Å². The molecule has 31 heavy (non-hydrogen) atoms. The number of quaternary nitrogens is 1. The molecule has 1 aliphatic heterocycles. The molecule has 1 fully saturated rings. The number of hydrogen-bond acceptors (Lipinski definition) is 5. The molecule has 1 aromatic carbocycles. The Labute approximate surface area is 182 Å². The van der Waals surface area contributed by atoms with Gasteiger partial charge in [0.15, 0.2) is 6.04 Å². The van der Waals surface area contributed by atoms with Crippen molar-refractivity contribution in [2.75, 3.05) is 20.2 Å². The molecule has 0 saturated carbocycles. The Balaban J connectivity index is 1.89. The topological polar surface area (TPSA) is 90.1 Å². The summed E-state index contributed by atoms with van der Waals surface area (Å²) in [5.74, 6) is 2.22. The second-order valence-corrected chi connectivity index (χ2v) is 9.40. The molecule has 0 unspecified atom stereocenters. The van der Waals surface area contributed by atoms with E-state index in [0.29, 0.717) is 11.5 Å². The van der Waals surface area contributed by atoms with Crippen LogP contribution in [0.1, 0.15) is 64.4 Å². The van der Waals surface area contributed by atoms with Crippen LogP contribution in [-0.2, 0) is 5.54 Å². The second kappa shape index (κ2) is 8.42. The molecule has 0 spiro atoms. The van der Waals surface area contributed by atoms with E-state index >= 15 is 0 Å². The molecule has 2 N–H and O–H groups in total. The normalized spacial score (nSPS) is 20.7. The molecule has 1 saturated heterocycles. The number of ether oxygens (including phenoxy) is 1. The average molecular weight is 426 g/mol. The van der Waals surface area contributed by atoms with Gasteiger partial charge in [-0.1, -0.05) is 13.8 Å². The minimum atomic E-state index is -0.244. The minimum Gasteiger partial charge on any atom is -0.497 e. The summed E-state index contributed by atoms with van der Waals surface area (Å²) in [6, 6.07) is 7.46. The predicted molar refractivity (Wildman–Crippen MR) is 119 cm³/mol. The number of tetrazole rings is 1. The van der Waals surface area contributed by atoms with Crippen LogP contribution in [0.15, 0.2) is 29.1 Å². The molecule has 0 aliphatic carbocycles. The molecule has 0 amide bonds. The molecule has 0 bridgehead atoms. The lowest BCUT2D eigenvalue weighted by atomic mass is 9.94. The Kier molecular flexibility index (Phi) is 5.83. The standard InChI is InChI=1S/C23H32N6O2/c1-6-23(3,4)29-21(25-26-27-29)20(28-11-9-15(2)10-12-28)18-14-16-13-17(31-5)7-8-19(16)24-22(18)30/h7-8,13-15,20H,6,9-12H2,1-5H3,(H,24,30)/p+1/t20-/m0/s1. The number of benzene rings is 1. The fraction of sp³-hybridized carbons (Fsp3) is 0.565. The van der Waals surface area contributed by atoms with Gasteiger partial charge in [0, 0.05) is 10.9 Å². The monoisotopic (exact) mass is 425 g/mol. The van der Waals surface area contributed by atoms with Crippen molar-refractivity contribution in [1.29, 1.82) is 0 Å². The van der Waals surface area contributed by atoms with Gasteiger partial charge in [-0.2, -0.15) is 0 Å². The molecular weight excluding hydrogens is 392 g/mol. The number of nitrogens with zero attached hydrogens (tertiary/aromatic N) is 4. The van der Waals surface area contributed by atoms with Crippen molar-refractivity contribution in [2.45, 2.75) is 58.5 Å². The van der Waals surface area contributed by atoms with Gasteiger partial charge in [0.25, 0.3) is 5.56 Å². The van der Waals surface area contributed by atoms with Gasteiger partial charge in [-0.15, -0.1) is 5.10 Å². The third kappa shape index (κ3) is 4.08. The second-order valence-electron chi connectivity index (χ2n) is 9.40. The molecule has 2 aromatic heterocycles. The summed E-state index contributed by atoms with van der Waals surface area (Å²) < 4.78 is 7.31. The van der Waals surface area contributed by atoms with Crippen LogP contribution < -0.4 is 15.2 Å². The smallest absolute Gasteiger partial charge is 0.258 e. The van der Waals surface area contributed by atoms with Crippen molar-refractivity contribution in [2.24, 2.45) is 5.92 Å². The number of rotatable bonds is 6. The third-order valence-electron chi connectivity index (χ3n) is 6.91. The molecular formula is C23H33N6O2+. The summed E-state index contributed by atoms with van der Waals surface area (Å²) in [6.45, 7) is 10.7. The summed E-state index contributed by atoms with van der Waals surface area (Å²) in [7, 11) is 1.65. The van der Waals surface area contributed by atoms with Crippen molar-refractivity contribution in [1.82, 2.24) is 25.2 Å². The predicted octanol–water partition coefficient (Wildman–Crippen LogP) is 2.07. The Morgan fingerprint density at radius 2 is 2.03 bits per heavy atom. The third-order valence-corrected chi connectivity index (χ3v) is 6.91. The van der Waals surface area contributed by atoms with Crippen LogP contribution in [0.25, 0.3) is 10.9 Å². The van der Waals surface area contributed by atoms with E-state index < -0.39 is 0 Å². The molecule has 166 valence electrons. The van der Waals surface area contributed by atoms with E-state index in [1.807, 2.05) is 28.9 Å². The number of hydrogen-bond donors (Lipinski definition) is 2. The van der Waals surface area contributed by atoms with Gasteiger partial charge < -0.3 is 14.6 Å². The first kappa shape index (κ1) is 21.5. The van der Waals surface area contributed by atoms with Crippen LogP contribution in [-0.4, -0.2) is 45.4 Å². The van der Waals surface area contributed by atoms with Gasteiger partial charge in [-0.3, -0.25) is 4.79 Å². The number of piperidine rings is 1. The van der Waals surface area contributed by atoms with Gasteiger partial charge in [-0.25, -0.2) is 4.68 Å². The number of nitrogens with one attached hydrogen (secondary N) is 2. The highest BCUT2D eigenvalue weighted by atomic mass is 16.5. The van der Waals surface area contributed by atoms with Crippen LogP contribution in [0.2, 0.25) is 0 Å². The first-order chi connectivity index (χ1) is 14.8. The van der Waals surface area contributed by atoms with Crippen molar-refractivity contribution in [3.63, 3.8) is 0 Å². The van der Waals surface area contributed by atoms with Crippen molar-refractivity contribution < 1.29 is 9.64 Å². The number of pyridine rings is 1. The Morgan fingerprint density at radius 3 is 2.71 bits per heavy atom. The Bertz CT molecular complexity index is 1110. The van der Waals surface area contributed by atoms with Crippen molar-refractivity contribution in [3.05, 3.63) is 46.0 Å². The lowest BCUT2D eigenvalue weighted by molar-refractivity contribution is -0.932. The number of aromatic amines is 1. The highest BCUT2D eigenvalue weighted by molar-refractivity contribution is 5.80. The highest BCUT2D eigenvalue weighted by Crippen LogP contribution is 2.26. The zero-order valence-corrected chi connectivity index (χ0v) is 19.1. The summed E-state index contributed by atoms with van der Waals surface area (Å²) in [4.78, 5) is 17.7. The molecule has 4 rings (SSSR count). The highest BCUT2D eigenvalue weighted by Gasteiger charge is 2.38. The van der Waals surface area contributed by atoms with Gasteiger partial charge in [-0.05, 0) is 73.7 Å². The fourth-order valence-corrected chi connectivity index (χ4v) is 4.46. The number of likely N-dealkylation sites (tertiary alicyclic amines) is 1. The number of H-pyrrole nitrogens is 1. The first-order valence-electron chi connectivity index (χ1n) is 11.2. The summed E-state index contributed by atoms with van der Waals surface area (Å²) in [5.41, 5.74) is 1.17. The minimum absolute atomic E-state index is 0.0855. The SMILES string of the molecule is CCC(C)(C)n1nnnc1[C@H](c1cc2cc(OC)ccc2[nH]c1=O)[NH+]1CCC(C)CC1. The van der Waals surface area contributed by atoms with E-state index in [-0.39, 0.29) is 17.1 Å². The molecule has 1 aliphatic rings. The van der Waals surface area contributed by atoms with Gasteiger partial charge in [0.1, 0.15) is 5.75 Å². The van der Waals surface area contributed by atoms with Crippen LogP contribution in [0, 0.1) is 5.92 Å². The Morgan fingerprint density at radius 1 is 1.29 bits per heavy atom. The van der Waals surface area contributed by atoms with E-state index in [1.165, 1.54) is 4.90 Å². The average Bonchev–Trinajstić information content (AvgIpc) is 3.25. The van der Waals surface area contributed by atoms with E-state index in [0.717, 1.165) is 54.8 Å². The van der Waals surface area contributed by atoms with Gasteiger partial charge >= 0.3 is 0 Å². The zero-order valence-electron chi connectivity index (χ0n) is 19.1. The summed E-state index contributed by atoms with van der Waals surface area (Å²) in [6.07, 6.45) is 3.14. The van der Waals surface area contributed by atoms with Crippen LogP contribution in [0.3, 0.4) is 0 Å². The van der Waals surface area contributed by atoms with Crippen molar-refractivity contribution in [3.8, 4) is 5.75 Å². The van der Waals surface area contributed by atoms with E-state index in [2.05, 4.69) is 48.2 Å². The quantitative estimate of drug-likeness (QED) is 0.631. The molecule has 8 nitrogen and oxygen atoms in total. The first-order valence-corrected chi connectivity index (χ1v) is 11.2. The van der Waals surface area contributed by atoms with E-state index in [1.54, 1.807) is 7.11 Å². The largest absolute Gasteiger partial charge is 0.497 e. The zero-order chi connectivity index (χ0) is 22.2. The maximum atomic E-state index is 13.3. The summed E-state index contributed by atoms with van der Waals surface area (Å²) in [5, 5.41) is 13.8. The van der Waals surface area contributed by atoms with Crippen LogP contribution in [0.5, 0.6) is 5.75 Å². The molecule has 3 heterocycles. The lowest BCUT2D eigenvalue weighted by Crippen LogP contribution is -3.13. The Hall–Kier alpha value is -2.74. The molecule has 1 atom stereocenters. The van der Waals surface area contributed by atoms with E-state index in [4.69, 9.17) is 4.74 Å². The number of methoxy groups -OCH3 is 1. The number of aromatic nitrogens is 5. The molecule has 0 radical (unpaired) electrons. The lowest BCUT2D eigenvalue weighted by Gasteiger charge is -2.34. The molecule has 3 aromatic rings. The van der Waals surface area contributed by atoms with Crippen LogP contribution in [0.4, 0.5) is 0 Å². The fourth-order valence-electron chi connectivity index (χ4n) is 4.46. The van der Waals surface area contributed by atoms with Crippen LogP contribution >= 0.6 is 0 Å². The number of fused-ring (bicyclic) bond motifs is 1. The maximum absolute atomic E-state index is 13.3. The van der Waals surface area contributed by atoms with Crippen molar-refractivity contribution >= 4 is 10.9 Å². The van der Waals surface area contributed by atoms with E-state index in [9.17, 15) is 4.79 Å². The summed E-state index contributed by atoms with van der Waals surface area (Å²) >= 11 is 0. The molecule has 8 heteroatoms. The maximum Gasteiger partial charge on any atom is 0.258 e. The van der Waals surface area contributed by atoms with Gasteiger partial charge in [0.2, 0.25) is 5.82 Å².